The van der Waals surface area contributed by atoms with Crippen LogP contribution >= 0.6 is 0 Å². The molecule has 3 nitrogen and oxygen atoms in total. The van der Waals surface area contributed by atoms with Crippen LogP contribution in [0.2, 0.25) is 18.5 Å². The number of hydrogen-bond donors (Lipinski definition) is 1. The van der Waals surface area contributed by atoms with Gasteiger partial charge in [-0.25, -0.2) is 0 Å². The molecule has 25 heavy (non-hydrogen) atoms. The Hall–Kier alpha value is -1.23. The van der Waals surface area contributed by atoms with Crippen LogP contribution in [0.25, 0.3) is 0 Å². The number of halogens is 4. The van der Waals surface area contributed by atoms with Gasteiger partial charge in [0.15, 0.2) is 0 Å². The van der Waals surface area contributed by atoms with Gasteiger partial charge in [0, 0.05) is 0 Å². The average molecular weight is 467 g/mol. The molecular weight excluding hydrogens is 446 g/mol. The van der Waals surface area contributed by atoms with E-state index < -0.39 is 35.0 Å². The molecule has 0 spiro atoms. The molecule has 0 radical (unpaired) electrons. The van der Waals surface area contributed by atoms with Gasteiger partial charge >= 0.3 is 145 Å². The molecule has 1 aliphatic heterocycles. The Labute approximate surface area is 144 Å². The predicted octanol–water partition coefficient (Wildman–Crippen LogP) is 4.86. The minimum absolute atomic E-state index is 0.236. The molecule has 0 bridgehead atoms. The molecule has 1 fully saturated rings. The van der Waals surface area contributed by atoms with Gasteiger partial charge in [0.1, 0.15) is 0 Å². The summed E-state index contributed by atoms with van der Waals surface area (Å²) in [6, 6.07) is 5.23. The summed E-state index contributed by atoms with van der Waals surface area (Å²) in [4.78, 5) is 4.37. The van der Waals surface area contributed by atoms with Crippen LogP contribution in [0.4, 0.5) is 23.4 Å². The van der Waals surface area contributed by atoms with Crippen molar-refractivity contribution < 1.29 is 22.1 Å². The number of anilines is 1. The van der Waals surface area contributed by atoms with E-state index in [2.05, 4.69) is 14.9 Å². The van der Waals surface area contributed by atoms with Crippen molar-refractivity contribution in [3.63, 3.8) is 0 Å². The van der Waals surface area contributed by atoms with E-state index in [1.54, 1.807) is 6.07 Å². The Bertz CT molecular complexity index is 788. The van der Waals surface area contributed by atoms with Crippen molar-refractivity contribution in [3.8, 4) is 0 Å². The van der Waals surface area contributed by atoms with E-state index in [0.29, 0.717) is 0 Å². The van der Waals surface area contributed by atoms with Crippen molar-refractivity contribution in [2.24, 2.45) is 0 Å². The summed E-state index contributed by atoms with van der Waals surface area (Å²) in [6.45, 7) is 0. The molecule has 1 aromatic carbocycles. The van der Waals surface area contributed by atoms with Gasteiger partial charge in [0.25, 0.3) is 0 Å². The summed E-state index contributed by atoms with van der Waals surface area (Å²) < 4.78 is 60.0. The number of benzene rings is 1. The molecule has 2 N–H and O–H groups in total. The molecule has 0 atom stereocenters. The third kappa shape index (κ3) is 3.53. The number of alkyl halides is 3. The van der Waals surface area contributed by atoms with Gasteiger partial charge < -0.3 is 0 Å². The molecule has 2 aromatic rings. The van der Waals surface area contributed by atoms with Crippen LogP contribution in [0.5, 0.6) is 0 Å². The Morgan fingerprint density at radius 3 is 2.28 bits per heavy atom. The maximum atomic E-state index is 14.1. The second-order valence-corrected chi connectivity index (χ2v) is 27.2. The van der Waals surface area contributed by atoms with E-state index in [1.165, 1.54) is 6.07 Å². The van der Waals surface area contributed by atoms with Gasteiger partial charge in [-0.15, -0.1) is 0 Å². The van der Waals surface area contributed by atoms with Gasteiger partial charge in [0.05, 0.1) is 0 Å². The normalized spacial score (nSPS) is 24.4. The standard InChI is InChI=1S/C8H12N2O.C7H3F4.2CH3.Sb/c1-3-6(4-2)7-5-8(9)11-10-7;8-6-4-2-1-3-5(6)7(9,10)11;;;/h5-6H,1-4,9H2;1,3-4H;2*1H3;. The number of hydrogen-bond acceptors (Lipinski definition) is 3. The molecular formula is C17H21F4N2OSb. The van der Waals surface area contributed by atoms with E-state index in [4.69, 9.17) is 10.3 Å². The number of nitrogens with two attached hydrogens (primary N) is 1. The summed E-state index contributed by atoms with van der Waals surface area (Å²) in [5, 5.41) is 3.97. The van der Waals surface area contributed by atoms with Crippen LogP contribution in [-0.2, 0) is 6.18 Å². The van der Waals surface area contributed by atoms with Crippen molar-refractivity contribution in [2.75, 3.05) is 5.73 Å². The van der Waals surface area contributed by atoms with Crippen molar-refractivity contribution in [1.82, 2.24) is 5.16 Å². The molecule has 0 unspecified atom stereocenters. The Balaban J connectivity index is 1.85. The Morgan fingerprint density at radius 2 is 1.80 bits per heavy atom. The summed E-state index contributed by atoms with van der Waals surface area (Å²) in [6.07, 6.45) is -2.93. The number of nitrogen functional groups attached to an aromatic ring is 1. The molecule has 0 aliphatic carbocycles. The molecule has 3 rings (SSSR count). The Kier molecular flexibility index (Phi) is 4.38. The third-order valence-electron chi connectivity index (χ3n) is 5.49. The van der Waals surface area contributed by atoms with Gasteiger partial charge in [-0.1, -0.05) is 0 Å². The fourth-order valence-electron chi connectivity index (χ4n) is 3.65. The summed E-state index contributed by atoms with van der Waals surface area (Å²) in [7, 11) is 0. The molecule has 138 valence electrons. The van der Waals surface area contributed by atoms with E-state index in [-0.39, 0.29) is 11.8 Å². The topological polar surface area (TPSA) is 52.0 Å². The van der Waals surface area contributed by atoms with Crippen LogP contribution in [0.1, 0.15) is 30.0 Å². The number of rotatable bonds is 2. The van der Waals surface area contributed by atoms with Gasteiger partial charge in [-0.2, -0.15) is 0 Å². The molecule has 1 aliphatic rings. The first-order chi connectivity index (χ1) is 11.5. The number of aromatic nitrogens is 1. The zero-order valence-electron chi connectivity index (χ0n) is 14.1. The van der Waals surface area contributed by atoms with Crippen molar-refractivity contribution >= 4 is 26.8 Å². The zero-order valence-corrected chi connectivity index (χ0v) is 16.7. The van der Waals surface area contributed by atoms with Crippen LogP contribution in [0, 0.1) is 5.82 Å². The maximum absolute atomic E-state index is 14.1. The van der Waals surface area contributed by atoms with Gasteiger partial charge in [-0.3, -0.25) is 0 Å². The van der Waals surface area contributed by atoms with Gasteiger partial charge in [0.2, 0.25) is 0 Å². The van der Waals surface area contributed by atoms with E-state index in [1.807, 2.05) is 0 Å². The van der Waals surface area contributed by atoms with E-state index in [9.17, 15) is 17.6 Å². The molecule has 1 aromatic heterocycles. The minimum atomic E-state index is -4.66. The predicted molar refractivity (Wildman–Crippen MR) is 91.0 cm³/mol. The second-order valence-electron chi connectivity index (χ2n) is 7.74. The first kappa shape index (κ1) is 18.6. The first-order valence-electron chi connectivity index (χ1n) is 8.08. The van der Waals surface area contributed by atoms with Crippen LogP contribution < -0.4 is 9.24 Å². The first-order valence-corrected chi connectivity index (χ1v) is 18.1. The molecule has 0 saturated carbocycles. The molecule has 1 saturated heterocycles. The third-order valence-corrected chi connectivity index (χ3v) is 21.0. The molecule has 0 amide bonds. The van der Waals surface area contributed by atoms with Gasteiger partial charge in [-0.05, 0) is 0 Å². The van der Waals surface area contributed by atoms with Crippen LogP contribution in [0.15, 0.2) is 28.8 Å². The fourth-order valence-corrected chi connectivity index (χ4v) is 15.5. The second kappa shape index (κ2) is 5.90. The van der Waals surface area contributed by atoms with Crippen molar-refractivity contribution in [3.05, 3.63) is 41.3 Å². The van der Waals surface area contributed by atoms with Crippen molar-refractivity contribution in [1.29, 1.82) is 0 Å². The van der Waals surface area contributed by atoms with Crippen molar-refractivity contribution in [2.45, 2.75) is 43.4 Å². The Morgan fingerprint density at radius 1 is 1.16 bits per heavy atom. The monoisotopic (exact) mass is 466 g/mol. The van der Waals surface area contributed by atoms with E-state index >= 15 is 0 Å². The fraction of sp³-hybridized carbons (Fsp3) is 0.471. The van der Waals surface area contributed by atoms with Crippen LogP contribution in [-0.4, -0.2) is 22.6 Å². The molecule has 2 heterocycles. The SMILES string of the molecule is [CH3][Sb]1([CH3])([c]2ccc(C(F)(F)F)c(F)c2)[CH2]CC(c2cc(N)on2)C[CH2]1. The average Bonchev–Trinajstić information content (AvgIpc) is 2.93. The summed E-state index contributed by atoms with van der Waals surface area (Å²) >= 11 is -3.39. The number of nitrogens with zero attached hydrogens (tertiary/aromatic N) is 1. The summed E-state index contributed by atoms with van der Waals surface area (Å²) in [5.74, 6) is -0.657. The summed E-state index contributed by atoms with van der Waals surface area (Å²) in [5.41, 5.74) is 5.20. The quantitative estimate of drug-likeness (QED) is 0.507. The molecule has 8 heteroatoms. The van der Waals surface area contributed by atoms with Crippen LogP contribution in [0.3, 0.4) is 0 Å². The zero-order chi connectivity index (χ0) is 18.5. The van der Waals surface area contributed by atoms with E-state index in [0.717, 1.165) is 42.9 Å².